The van der Waals surface area contributed by atoms with Crippen molar-refractivity contribution in [1.82, 2.24) is 15.2 Å². The quantitative estimate of drug-likeness (QED) is 0.926. The van der Waals surface area contributed by atoms with E-state index in [9.17, 15) is 9.59 Å². The minimum atomic E-state index is -0.377. The summed E-state index contributed by atoms with van der Waals surface area (Å²) >= 11 is 1.55. The zero-order chi connectivity index (χ0) is 15.6. The summed E-state index contributed by atoms with van der Waals surface area (Å²) in [5.74, 6) is -0.0791. The third-order valence-electron chi connectivity index (χ3n) is 3.50. The summed E-state index contributed by atoms with van der Waals surface area (Å²) in [5, 5.41) is 5.69. The van der Waals surface area contributed by atoms with Crippen LogP contribution in [0.2, 0.25) is 0 Å². The monoisotopic (exact) mass is 309 g/mol. The second-order valence-corrected chi connectivity index (χ2v) is 7.42. The Labute approximate surface area is 129 Å². The summed E-state index contributed by atoms with van der Waals surface area (Å²) in [6.45, 7) is 8.90. The Hall–Kier alpha value is -1.43. The first-order chi connectivity index (χ1) is 9.81. The first-order valence-electron chi connectivity index (χ1n) is 7.34. The molecule has 0 aromatic carbocycles. The topological polar surface area (TPSA) is 62.3 Å². The number of thiazole rings is 1. The summed E-state index contributed by atoms with van der Waals surface area (Å²) < 4.78 is 0. The predicted octanol–water partition coefficient (Wildman–Crippen LogP) is 2.07. The Morgan fingerprint density at radius 2 is 2.14 bits per heavy atom. The highest BCUT2D eigenvalue weighted by atomic mass is 32.1. The van der Waals surface area contributed by atoms with Crippen molar-refractivity contribution in [3.05, 3.63) is 16.1 Å². The second-order valence-electron chi connectivity index (χ2n) is 6.48. The van der Waals surface area contributed by atoms with Crippen LogP contribution in [0.3, 0.4) is 0 Å². The Morgan fingerprint density at radius 3 is 2.71 bits per heavy atom. The van der Waals surface area contributed by atoms with E-state index in [0.717, 1.165) is 17.1 Å². The number of nitrogens with zero attached hydrogens (tertiary/aromatic N) is 2. The number of hydrogen-bond acceptors (Lipinski definition) is 4. The lowest BCUT2D eigenvalue weighted by molar-refractivity contribution is -0.145. The van der Waals surface area contributed by atoms with Crippen molar-refractivity contribution in [3.63, 3.8) is 0 Å². The number of carbonyl (C=O) groups excluding carboxylic acids is 2. The molecule has 116 valence electrons. The molecule has 1 aliphatic rings. The lowest BCUT2D eigenvalue weighted by Crippen LogP contribution is -2.57. The van der Waals surface area contributed by atoms with E-state index in [1.807, 2.05) is 12.3 Å². The molecule has 2 rings (SSSR count). The van der Waals surface area contributed by atoms with Gasteiger partial charge in [-0.15, -0.1) is 11.3 Å². The Kier molecular flexibility index (Phi) is 4.66. The van der Waals surface area contributed by atoms with Gasteiger partial charge in [-0.3, -0.25) is 9.59 Å². The lowest BCUT2D eigenvalue weighted by atomic mass is 9.93. The molecule has 0 spiro atoms. The molecule has 1 N–H and O–H groups in total. The smallest absolute Gasteiger partial charge is 0.245 e. The molecular weight excluding hydrogens is 286 g/mol. The minimum absolute atomic E-state index is 0.00276. The van der Waals surface area contributed by atoms with Crippen molar-refractivity contribution in [2.24, 2.45) is 0 Å². The normalized spacial score (nSPS) is 19.8. The van der Waals surface area contributed by atoms with E-state index >= 15 is 0 Å². The van der Waals surface area contributed by atoms with Crippen molar-refractivity contribution < 1.29 is 9.59 Å². The highest BCUT2D eigenvalue weighted by Gasteiger charge is 2.32. The van der Waals surface area contributed by atoms with Gasteiger partial charge in [-0.25, -0.2) is 4.98 Å². The number of aromatic nitrogens is 1. The number of amides is 2. The third-order valence-corrected chi connectivity index (χ3v) is 4.34. The van der Waals surface area contributed by atoms with Gasteiger partial charge in [-0.1, -0.05) is 34.1 Å². The van der Waals surface area contributed by atoms with E-state index in [-0.39, 0.29) is 29.8 Å². The summed E-state index contributed by atoms with van der Waals surface area (Å²) in [6.07, 6.45) is 1.56. The van der Waals surface area contributed by atoms with Crippen LogP contribution in [-0.2, 0) is 21.5 Å². The van der Waals surface area contributed by atoms with Gasteiger partial charge in [-0.2, -0.15) is 0 Å². The molecule has 2 heterocycles. The van der Waals surface area contributed by atoms with E-state index in [4.69, 9.17) is 0 Å². The second kappa shape index (κ2) is 6.13. The standard InChI is InChI=1S/C15H23N3O2S/c1-5-6-10-14(20)18(7-12(19)16-10)8-13-17-11(9-21-13)15(2,3)4/h9-10H,5-8H2,1-4H3,(H,16,19). The van der Waals surface area contributed by atoms with Crippen molar-refractivity contribution in [3.8, 4) is 0 Å². The maximum absolute atomic E-state index is 12.4. The van der Waals surface area contributed by atoms with Gasteiger partial charge >= 0.3 is 0 Å². The van der Waals surface area contributed by atoms with Crippen molar-refractivity contribution in [2.45, 2.75) is 58.5 Å². The number of rotatable bonds is 4. The van der Waals surface area contributed by atoms with Crippen LogP contribution in [0.15, 0.2) is 5.38 Å². The van der Waals surface area contributed by atoms with Gasteiger partial charge in [0, 0.05) is 10.8 Å². The van der Waals surface area contributed by atoms with E-state index in [1.54, 1.807) is 16.2 Å². The van der Waals surface area contributed by atoms with E-state index in [1.165, 1.54) is 0 Å². The zero-order valence-electron chi connectivity index (χ0n) is 13.1. The molecule has 0 saturated carbocycles. The largest absolute Gasteiger partial charge is 0.343 e. The molecule has 21 heavy (non-hydrogen) atoms. The molecule has 1 aliphatic heterocycles. The average Bonchev–Trinajstić information content (AvgIpc) is 2.84. The van der Waals surface area contributed by atoms with Crippen molar-refractivity contribution in [1.29, 1.82) is 0 Å². The molecule has 1 fully saturated rings. The van der Waals surface area contributed by atoms with Gasteiger partial charge in [-0.05, 0) is 6.42 Å². The maximum atomic E-state index is 12.4. The minimum Gasteiger partial charge on any atom is -0.343 e. The fourth-order valence-corrected chi connectivity index (χ4v) is 3.32. The zero-order valence-corrected chi connectivity index (χ0v) is 13.9. The van der Waals surface area contributed by atoms with Crippen LogP contribution in [0.25, 0.3) is 0 Å². The van der Waals surface area contributed by atoms with Crippen molar-refractivity contribution in [2.75, 3.05) is 6.54 Å². The summed E-state index contributed by atoms with van der Waals surface area (Å²) in [4.78, 5) is 30.3. The van der Waals surface area contributed by atoms with Crippen LogP contribution in [0.1, 0.15) is 51.2 Å². The Morgan fingerprint density at radius 1 is 1.43 bits per heavy atom. The van der Waals surface area contributed by atoms with Crippen LogP contribution in [0.5, 0.6) is 0 Å². The first kappa shape index (κ1) is 15.9. The van der Waals surface area contributed by atoms with Gasteiger partial charge in [0.05, 0.1) is 12.2 Å². The highest BCUT2D eigenvalue weighted by molar-refractivity contribution is 7.09. The maximum Gasteiger partial charge on any atom is 0.245 e. The average molecular weight is 309 g/mol. The molecule has 0 aliphatic carbocycles. The molecule has 6 heteroatoms. The Bertz CT molecular complexity index is 533. The van der Waals surface area contributed by atoms with Crippen molar-refractivity contribution >= 4 is 23.2 Å². The fraction of sp³-hybridized carbons (Fsp3) is 0.667. The first-order valence-corrected chi connectivity index (χ1v) is 8.22. The number of piperazine rings is 1. The summed E-state index contributed by atoms with van der Waals surface area (Å²) in [5.41, 5.74) is 1.03. The highest BCUT2D eigenvalue weighted by Crippen LogP contribution is 2.25. The lowest BCUT2D eigenvalue weighted by Gasteiger charge is -2.31. The molecule has 5 nitrogen and oxygen atoms in total. The van der Waals surface area contributed by atoms with E-state index < -0.39 is 0 Å². The van der Waals surface area contributed by atoms with Gasteiger partial charge in [0.1, 0.15) is 17.6 Å². The summed E-state index contributed by atoms with van der Waals surface area (Å²) in [7, 11) is 0. The fourth-order valence-electron chi connectivity index (χ4n) is 2.28. The van der Waals surface area contributed by atoms with Gasteiger partial charge in [0.25, 0.3) is 0 Å². The molecule has 0 bridgehead atoms. The van der Waals surface area contributed by atoms with E-state index in [0.29, 0.717) is 13.0 Å². The molecule has 1 aromatic heterocycles. The number of hydrogen-bond donors (Lipinski definition) is 1. The molecule has 1 unspecified atom stereocenters. The Balaban J connectivity index is 2.09. The van der Waals surface area contributed by atoms with Crippen LogP contribution in [0.4, 0.5) is 0 Å². The van der Waals surface area contributed by atoms with Crippen LogP contribution >= 0.6 is 11.3 Å². The van der Waals surface area contributed by atoms with Gasteiger partial charge in [0.2, 0.25) is 11.8 Å². The molecule has 2 amide bonds. The third kappa shape index (κ3) is 3.81. The number of nitrogens with one attached hydrogen (secondary N) is 1. The van der Waals surface area contributed by atoms with Crippen LogP contribution < -0.4 is 5.32 Å². The molecular formula is C15H23N3O2S. The molecule has 1 aromatic rings. The molecule has 1 saturated heterocycles. The number of carbonyl (C=O) groups is 2. The molecule has 0 radical (unpaired) electrons. The summed E-state index contributed by atoms with van der Waals surface area (Å²) in [6, 6.07) is -0.377. The molecule has 1 atom stereocenters. The van der Waals surface area contributed by atoms with Gasteiger partial charge < -0.3 is 10.2 Å². The van der Waals surface area contributed by atoms with Crippen LogP contribution in [-0.4, -0.2) is 34.3 Å². The predicted molar refractivity (Wildman–Crippen MR) is 83.1 cm³/mol. The van der Waals surface area contributed by atoms with Crippen LogP contribution in [0, 0.1) is 0 Å². The van der Waals surface area contributed by atoms with Gasteiger partial charge in [0.15, 0.2) is 0 Å². The SMILES string of the molecule is CCCC1NC(=O)CN(Cc2nc(C(C)(C)C)cs2)C1=O. The van der Waals surface area contributed by atoms with E-state index in [2.05, 4.69) is 31.1 Å².